The van der Waals surface area contributed by atoms with Crippen LogP contribution in [0.2, 0.25) is 0 Å². The Hall–Kier alpha value is -1.88. The topological polar surface area (TPSA) is 67.4 Å². The fourth-order valence-corrected chi connectivity index (χ4v) is 2.59. The van der Waals surface area contributed by atoms with Crippen LogP contribution >= 0.6 is 0 Å². The van der Waals surface area contributed by atoms with Gasteiger partial charge in [-0.2, -0.15) is 0 Å². The quantitative estimate of drug-likeness (QED) is 0.754. The largest absolute Gasteiger partial charge is 0.484 e. The average molecular weight is 304 g/mol. The van der Waals surface area contributed by atoms with Gasteiger partial charge in [-0.25, -0.2) is 0 Å². The van der Waals surface area contributed by atoms with Crippen LogP contribution in [0.3, 0.4) is 0 Å². The third-order valence-electron chi connectivity index (χ3n) is 3.88. The third kappa shape index (κ3) is 5.48. The number of carbonyl (C=O) groups excluding carboxylic acids is 2. The number of ether oxygens (including phenoxy) is 1. The zero-order chi connectivity index (χ0) is 15.8. The molecule has 0 spiro atoms. The van der Waals surface area contributed by atoms with Crippen molar-refractivity contribution in [2.75, 3.05) is 26.2 Å². The molecule has 5 nitrogen and oxygen atoms in total. The van der Waals surface area contributed by atoms with Crippen LogP contribution in [-0.4, -0.2) is 37.9 Å². The van der Waals surface area contributed by atoms with Crippen LogP contribution < -0.4 is 15.4 Å². The Morgan fingerprint density at radius 2 is 2.27 bits per heavy atom. The average Bonchev–Trinajstić information content (AvgIpc) is 2.54. The molecule has 2 rings (SSSR count). The van der Waals surface area contributed by atoms with Gasteiger partial charge in [0.05, 0.1) is 0 Å². The number of Topliss-reactive ketones (excluding diaryl/α,β-unsaturated/α-hetero) is 1. The molecule has 1 amide bonds. The molecule has 1 atom stereocenters. The number of amides is 1. The first kappa shape index (κ1) is 16.5. The summed E-state index contributed by atoms with van der Waals surface area (Å²) >= 11 is 0. The van der Waals surface area contributed by atoms with Crippen LogP contribution in [0.15, 0.2) is 24.3 Å². The highest BCUT2D eigenvalue weighted by molar-refractivity contribution is 5.94. The van der Waals surface area contributed by atoms with Crippen LogP contribution in [0.25, 0.3) is 0 Å². The van der Waals surface area contributed by atoms with Crippen molar-refractivity contribution in [3.05, 3.63) is 29.8 Å². The number of hydrogen-bond donors (Lipinski definition) is 2. The van der Waals surface area contributed by atoms with Gasteiger partial charge in [0.15, 0.2) is 12.4 Å². The second kappa shape index (κ2) is 8.54. The van der Waals surface area contributed by atoms with Crippen LogP contribution in [-0.2, 0) is 4.79 Å². The molecule has 1 unspecified atom stereocenters. The van der Waals surface area contributed by atoms with Gasteiger partial charge in [-0.15, -0.1) is 0 Å². The van der Waals surface area contributed by atoms with Crippen molar-refractivity contribution < 1.29 is 14.3 Å². The zero-order valence-corrected chi connectivity index (χ0v) is 13.1. The smallest absolute Gasteiger partial charge is 0.257 e. The lowest BCUT2D eigenvalue weighted by atomic mass is 9.96. The lowest BCUT2D eigenvalue weighted by molar-refractivity contribution is -0.123. The van der Waals surface area contributed by atoms with E-state index in [-0.39, 0.29) is 18.3 Å². The number of carbonyl (C=O) groups is 2. The minimum absolute atomic E-state index is 0.0176. The van der Waals surface area contributed by atoms with E-state index in [1.165, 1.54) is 19.8 Å². The molecule has 0 aromatic heterocycles. The van der Waals surface area contributed by atoms with Crippen molar-refractivity contribution in [3.8, 4) is 5.75 Å². The molecule has 1 heterocycles. The van der Waals surface area contributed by atoms with Crippen LogP contribution in [0.1, 0.15) is 36.5 Å². The summed E-state index contributed by atoms with van der Waals surface area (Å²) in [6.07, 6.45) is 3.45. The number of hydrogen-bond acceptors (Lipinski definition) is 4. The molecule has 5 heteroatoms. The summed E-state index contributed by atoms with van der Waals surface area (Å²) in [5, 5.41) is 6.25. The lowest BCUT2D eigenvalue weighted by Gasteiger charge is -2.22. The van der Waals surface area contributed by atoms with E-state index in [1.54, 1.807) is 24.3 Å². The number of rotatable bonds is 7. The number of piperidine rings is 1. The van der Waals surface area contributed by atoms with E-state index in [4.69, 9.17) is 4.74 Å². The van der Waals surface area contributed by atoms with Gasteiger partial charge in [0.25, 0.3) is 5.91 Å². The highest BCUT2D eigenvalue weighted by atomic mass is 16.5. The Morgan fingerprint density at radius 3 is 3.00 bits per heavy atom. The summed E-state index contributed by atoms with van der Waals surface area (Å²) in [5.41, 5.74) is 0.586. The molecule has 1 aliphatic heterocycles. The van der Waals surface area contributed by atoms with Crippen molar-refractivity contribution in [1.82, 2.24) is 10.6 Å². The van der Waals surface area contributed by atoms with Crippen LogP contribution in [0.4, 0.5) is 0 Å². The van der Waals surface area contributed by atoms with Crippen molar-refractivity contribution in [2.24, 2.45) is 5.92 Å². The van der Waals surface area contributed by atoms with Crippen molar-refractivity contribution in [2.45, 2.75) is 26.2 Å². The summed E-state index contributed by atoms with van der Waals surface area (Å²) in [4.78, 5) is 23.0. The fourth-order valence-electron chi connectivity index (χ4n) is 2.59. The van der Waals surface area contributed by atoms with Gasteiger partial charge in [0.1, 0.15) is 5.75 Å². The Morgan fingerprint density at radius 1 is 1.41 bits per heavy atom. The van der Waals surface area contributed by atoms with Crippen molar-refractivity contribution in [1.29, 1.82) is 0 Å². The molecule has 0 aliphatic carbocycles. The van der Waals surface area contributed by atoms with E-state index in [9.17, 15) is 9.59 Å². The van der Waals surface area contributed by atoms with E-state index in [2.05, 4.69) is 10.6 Å². The molecule has 1 aromatic rings. The Labute approximate surface area is 131 Å². The van der Waals surface area contributed by atoms with E-state index in [0.29, 0.717) is 23.8 Å². The van der Waals surface area contributed by atoms with Gasteiger partial charge in [0.2, 0.25) is 0 Å². The van der Waals surface area contributed by atoms with Gasteiger partial charge in [-0.1, -0.05) is 12.1 Å². The molecule has 0 radical (unpaired) electrons. The molecule has 2 N–H and O–H groups in total. The first-order chi connectivity index (χ1) is 10.6. The first-order valence-electron chi connectivity index (χ1n) is 7.86. The summed E-state index contributed by atoms with van der Waals surface area (Å²) in [6.45, 7) is 4.32. The molecule has 0 bridgehead atoms. The SMILES string of the molecule is CC(=O)c1cccc(OCC(=O)NCCC2CCCNC2)c1. The molecule has 120 valence electrons. The van der Waals surface area contributed by atoms with Gasteiger partial charge in [-0.3, -0.25) is 9.59 Å². The summed E-state index contributed by atoms with van der Waals surface area (Å²) in [6, 6.07) is 6.88. The van der Waals surface area contributed by atoms with E-state index < -0.39 is 0 Å². The molecule has 0 saturated carbocycles. The standard InChI is InChI=1S/C17H24N2O3/c1-13(20)15-5-2-6-16(10-15)22-12-17(21)19-9-7-14-4-3-8-18-11-14/h2,5-6,10,14,18H,3-4,7-9,11-12H2,1H3,(H,19,21). The highest BCUT2D eigenvalue weighted by Gasteiger charge is 2.13. The second-order valence-corrected chi connectivity index (χ2v) is 5.72. The maximum absolute atomic E-state index is 11.8. The summed E-state index contributed by atoms with van der Waals surface area (Å²) < 4.78 is 5.42. The maximum Gasteiger partial charge on any atom is 0.257 e. The number of ketones is 1. The predicted molar refractivity (Wildman–Crippen MR) is 85.2 cm³/mol. The minimum Gasteiger partial charge on any atom is -0.484 e. The monoisotopic (exact) mass is 304 g/mol. The van der Waals surface area contributed by atoms with E-state index >= 15 is 0 Å². The molecule has 1 saturated heterocycles. The van der Waals surface area contributed by atoms with Gasteiger partial charge in [0, 0.05) is 12.1 Å². The maximum atomic E-state index is 11.8. The molecular formula is C17H24N2O3. The first-order valence-corrected chi connectivity index (χ1v) is 7.86. The molecule has 1 fully saturated rings. The minimum atomic E-state index is -0.128. The third-order valence-corrected chi connectivity index (χ3v) is 3.88. The molecule has 1 aromatic carbocycles. The van der Waals surface area contributed by atoms with Crippen molar-refractivity contribution in [3.63, 3.8) is 0 Å². The zero-order valence-electron chi connectivity index (χ0n) is 13.1. The molecule has 1 aliphatic rings. The van der Waals surface area contributed by atoms with Gasteiger partial charge < -0.3 is 15.4 Å². The Kier molecular flexibility index (Phi) is 6.40. The molecule has 22 heavy (non-hydrogen) atoms. The lowest BCUT2D eigenvalue weighted by Crippen LogP contribution is -2.34. The van der Waals surface area contributed by atoms with Gasteiger partial charge in [-0.05, 0) is 57.3 Å². The predicted octanol–water partition coefficient (Wildman–Crippen LogP) is 1.77. The Bertz CT molecular complexity index is 510. The second-order valence-electron chi connectivity index (χ2n) is 5.72. The summed E-state index contributed by atoms with van der Waals surface area (Å²) in [5.74, 6) is 1.05. The van der Waals surface area contributed by atoms with E-state index in [1.807, 2.05) is 0 Å². The normalized spacial score (nSPS) is 17.8. The number of benzene rings is 1. The number of nitrogens with one attached hydrogen (secondary N) is 2. The van der Waals surface area contributed by atoms with Crippen LogP contribution in [0, 0.1) is 5.92 Å². The Balaban J connectivity index is 1.66. The summed E-state index contributed by atoms with van der Waals surface area (Å²) in [7, 11) is 0. The molecular weight excluding hydrogens is 280 g/mol. The highest BCUT2D eigenvalue weighted by Crippen LogP contribution is 2.14. The van der Waals surface area contributed by atoms with Gasteiger partial charge >= 0.3 is 0 Å². The van der Waals surface area contributed by atoms with Crippen molar-refractivity contribution >= 4 is 11.7 Å². The fraction of sp³-hybridized carbons (Fsp3) is 0.529. The van der Waals surface area contributed by atoms with Crippen LogP contribution in [0.5, 0.6) is 5.75 Å². The van der Waals surface area contributed by atoms with E-state index in [0.717, 1.165) is 19.5 Å².